The second kappa shape index (κ2) is 8.14. The van der Waals surface area contributed by atoms with E-state index in [1.165, 1.54) is 28.7 Å². The Kier molecular flexibility index (Phi) is 5.39. The lowest BCUT2D eigenvalue weighted by molar-refractivity contribution is -0.131. The van der Waals surface area contributed by atoms with Gasteiger partial charge in [-0.25, -0.2) is 4.79 Å². The normalized spacial score (nSPS) is 11.2. The Bertz CT molecular complexity index is 1280. The molecule has 0 atom stereocenters. The highest BCUT2D eigenvalue weighted by Gasteiger charge is 2.23. The maximum absolute atomic E-state index is 13.1. The number of phenolic OH excluding ortho intramolecular Hbond substituents is 1. The predicted octanol–water partition coefficient (Wildman–Crippen LogP) is 6.10. The van der Waals surface area contributed by atoms with E-state index < -0.39 is 5.97 Å². The summed E-state index contributed by atoms with van der Waals surface area (Å²) in [6.45, 7) is 1.95. The maximum Gasteiger partial charge on any atom is 0.328 e. The van der Waals surface area contributed by atoms with Crippen LogP contribution in [0.3, 0.4) is 0 Å². The molecule has 0 saturated carbocycles. The van der Waals surface area contributed by atoms with Crippen LogP contribution >= 0.6 is 22.7 Å². The van der Waals surface area contributed by atoms with Gasteiger partial charge >= 0.3 is 5.97 Å². The van der Waals surface area contributed by atoms with Gasteiger partial charge in [0.05, 0.1) is 0 Å². The van der Waals surface area contributed by atoms with E-state index in [0.29, 0.717) is 21.9 Å². The van der Waals surface area contributed by atoms with Gasteiger partial charge in [0.25, 0.3) is 0 Å². The molecule has 0 saturated heterocycles. The van der Waals surface area contributed by atoms with Crippen molar-refractivity contribution in [3.63, 3.8) is 0 Å². The first-order valence-electron chi connectivity index (χ1n) is 8.95. The minimum Gasteiger partial charge on any atom is -0.508 e. The molecule has 30 heavy (non-hydrogen) atoms. The molecular weight excluding hydrogens is 420 g/mol. The molecule has 7 heteroatoms. The van der Waals surface area contributed by atoms with Gasteiger partial charge in [-0.15, -0.1) is 22.7 Å². The summed E-state index contributed by atoms with van der Waals surface area (Å²) in [5.74, 6) is -0.0649. The molecule has 0 spiro atoms. The Labute approximate surface area is 180 Å². The molecule has 0 unspecified atom stereocenters. The number of phenols is 1. The third-order valence-corrected chi connectivity index (χ3v) is 6.34. The highest BCUT2D eigenvalue weighted by atomic mass is 32.1. The number of hydrogen-bond acceptors (Lipinski definition) is 6. The van der Waals surface area contributed by atoms with Gasteiger partial charge in [-0.05, 0) is 55.0 Å². The zero-order chi connectivity index (χ0) is 21.3. The van der Waals surface area contributed by atoms with Crippen molar-refractivity contribution in [3.05, 3.63) is 80.9 Å². The summed E-state index contributed by atoms with van der Waals surface area (Å²) in [5, 5.41) is 21.1. The highest BCUT2D eigenvalue weighted by Crippen LogP contribution is 2.43. The number of hydrogen-bond donors (Lipinski definition) is 2. The molecule has 150 valence electrons. The lowest BCUT2D eigenvalue weighted by Gasteiger charge is -2.08. The van der Waals surface area contributed by atoms with Crippen molar-refractivity contribution in [2.45, 2.75) is 6.92 Å². The molecule has 0 bridgehead atoms. The van der Waals surface area contributed by atoms with Crippen molar-refractivity contribution in [1.82, 2.24) is 0 Å². The first-order chi connectivity index (χ1) is 14.4. The van der Waals surface area contributed by atoms with E-state index in [1.54, 1.807) is 42.5 Å². The van der Waals surface area contributed by atoms with Crippen LogP contribution in [0.1, 0.15) is 25.7 Å². The first kappa shape index (κ1) is 19.9. The number of rotatable bonds is 6. The van der Waals surface area contributed by atoms with Gasteiger partial charge in [0, 0.05) is 32.0 Å². The standard InChI is InChI=1S/C23H16O5S2/c1-13-10-15(12-29-13)21(27)23-22(18-8-5-16(24)11-19(18)30-23)28-17-6-2-14(3-7-17)4-9-20(25)26/h2-12,24H,1H3,(H,25,26)/b9-4+. The number of thiophene rings is 2. The summed E-state index contributed by atoms with van der Waals surface area (Å²) >= 11 is 2.79. The molecule has 5 nitrogen and oxygen atoms in total. The van der Waals surface area contributed by atoms with Crippen LogP contribution < -0.4 is 4.74 Å². The Morgan fingerprint density at radius 2 is 1.83 bits per heavy atom. The lowest BCUT2D eigenvalue weighted by Crippen LogP contribution is -1.99. The van der Waals surface area contributed by atoms with Crippen LogP contribution in [0.2, 0.25) is 0 Å². The fourth-order valence-corrected chi connectivity index (χ4v) is 4.75. The highest BCUT2D eigenvalue weighted by molar-refractivity contribution is 7.21. The molecule has 2 N–H and O–H groups in total. The maximum atomic E-state index is 13.1. The minimum absolute atomic E-state index is 0.121. The van der Waals surface area contributed by atoms with Gasteiger partial charge in [0.15, 0.2) is 5.75 Å². The number of ether oxygens (including phenoxy) is 1. The largest absolute Gasteiger partial charge is 0.508 e. The molecule has 2 aromatic heterocycles. The second-order valence-corrected chi connectivity index (χ2v) is 8.73. The Balaban J connectivity index is 1.73. The number of fused-ring (bicyclic) bond motifs is 1. The number of carbonyl (C=O) groups is 2. The summed E-state index contributed by atoms with van der Waals surface area (Å²) in [6, 6.07) is 13.7. The van der Waals surface area contributed by atoms with Crippen LogP contribution in [0, 0.1) is 6.92 Å². The fraction of sp³-hybridized carbons (Fsp3) is 0.0435. The fourth-order valence-electron chi connectivity index (χ4n) is 2.94. The van der Waals surface area contributed by atoms with Gasteiger partial charge in [0.1, 0.15) is 16.4 Å². The van der Waals surface area contributed by atoms with E-state index >= 15 is 0 Å². The molecule has 4 aromatic rings. The molecular formula is C23H16O5S2. The Morgan fingerprint density at radius 1 is 1.07 bits per heavy atom. The summed E-state index contributed by atoms with van der Waals surface area (Å²) in [6.07, 6.45) is 2.55. The molecule has 0 aliphatic carbocycles. The Hall–Kier alpha value is -3.42. The molecule has 4 rings (SSSR count). The number of carbonyl (C=O) groups excluding carboxylic acids is 1. The van der Waals surface area contributed by atoms with Crippen LogP contribution in [0.25, 0.3) is 16.2 Å². The van der Waals surface area contributed by atoms with Gasteiger partial charge in [-0.2, -0.15) is 0 Å². The van der Waals surface area contributed by atoms with Crippen molar-refractivity contribution in [2.24, 2.45) is 0 Å². The number of aliphatic carboxylic acids is 1. The van der Waals surface area contributed by atoms with E-state index in [0.717, 1.165) is 26.6 Å². The van der Waals surface area contributed by atoms with Gasteiger partial charge < -0.3 is 14.9 Å². The van der Waals surface area contributed by atoms with Crippen LogP contribution in [0.4, 0.5) is 0 Å². The van der Waals surface area contributed by atoms with Gasteiger partial charge in [-0.1, -0.05) is 12.1 Å². The first-order valence-corrected chi connectivity index (χ1v) is 10.6. The van der Waals surface area contributed by atoms with Crippen LogP contribution in [-0.4, -0.2) is 22.0 Å². The third-order valence-electron chi connectivity index (χ3n) is 4.35. The van der Waals surface area contributed by atoms with Crippen molar-refractivity contribution < 1.29 is 24.5 Å². The van der Waals surface area contributed by atoms with Gasteiger partial charge in [-0.3, -0.25) is 4.79 Å². The summed E-state index contributed by atoms with van der Waals surface area (Å²) in [5.41, 5.74) is 1.32. The number of carboxylic acids is 1. The monoisotopic (exact) mass is 436 g/mol. The van der Waals surface area contributed by atoms with Gasteiger partial charge in [0.2, 0.25) is 5.78 Å². The van der Waals surface area contributed by atoms with E-state index in [1.807, 2.05) is 18.4 Å². The van der Waals surface area contributed by atoms with E-state index in [9.17, 15) is 14.7 Å². The molecule has 0 fully saturated rings. The van der Waals surface area contributed by atoms with Crippen LogP contribution in [-0.2, 0) is 4.79 Å². The zero-order valence-electron chi connectivity index (χ0n) is 15.8. The number of benzene rings is 2. The van der Waals surface area contributed by atoms with Crippen molar-refractivity contribution in [3.8, 4) is 17.2 Å². The van der Waals surface area contributed by atoms with Crippen LogP contribution in [0.15, 0.2) is 60.0 Å². The molecule has 0 amide bonds. The second-order valence-electron chi connectivity index (χ2n) is 6.56. The van der Waals surface area contributed by atoms with E-state index in [2.05, 4.69) is 0 Å². The predicted molar refractivity (Wildman–Crippen MR) is 119 cm³/mol. The smallest absolute Gasteiger partial charge is 0.328 e. The van der Waals surface area contributed by atoms with E-state index in [-0.39, 0.29) is 11.5 Å². The summed E-state index contributed by atoms with van der Waals surface area (Å²) in [7, 11) is 0. The zero-order valence-corrected chi connectivity index (χ0v) is 17.4. The summed E-state index contributed by atoms with van der Waals surface area (Å²) < 4.78 is 6.85. The average Bonchev–Trinajstić information content (AvgIpc) is 3.30. The van der Waals surface area contributed by atoms with Crippen molar-refractivity contribution in [2.75, 3.05) is 0 Å². The number of carboxylic acid groups (broad SMARTS) is 1. The SMILES string of the molecule is Cc1cc(C(=O)c2sc3cc(O)ccc3c2Oc2ccc(/C=C/C(=O)O)cc2)cs1. The van der Waals surface area contributed by atoms with Crippen molar-refractivity contribution >= 4 is 50.6 Å². The molecule has 0 aliphatic rings. The molecule has 2 aromatic carbocycles. The van der Waals surface area contributed by atoms with Crippen LogP contribution in [0.5, 0.6) is 17.2 Å². The third kappa shape index (κ3) is 4.12. The topological polar surface area (TPSA) is 83.8 Å². The quantitative estimate of drug-likeness (QED) is 0.282. The molecule has 0 aliphatic heterocycles. The molecule has 0 radical (unpaired) electrons. The lowest BCUT2D eigenvalue weighted by atomic mass is 10.1. The Morgan fingerprint density at radius 3 is 2.50 bits per heavy atom. The summed E-state index contributed by atoms with van der Waals surface area (Å²) in [4.78, 5) is 25.3. The minimum atomic E-state index is -1.02. The molecule has 2 heterocycles. The average molecular weight is 437 g/mol. The van der Waals surface area contributed by atoms with E-state index in [4.69, 9.17) is 9.84 Å². The number of aryl methyl sites for hydroxylation is 1. The number of aromatic hydroxyl groups is 1. The number of ketones is 1. The van der Waals surface area contributed by atoms with Crippen molar-refractivity contribution in [1.29, 1.82) is 0 Å².